The quantitative estimate of drug-likeness (QED) is 0.917. The Kier molecular flexibility index (Phi) is 4.62. The highest BCUT2D eigenvalue weighted by molar-refractivity contribution is 9.10. The normalized spacial score (nSPS) is 20.5. The van der Waals surface area contributed by atoms with E-state index in [1.165, 1.54) is 12.5 Å². The number of benzene rings is 1. The van der Waals surface area contributed by atoms with Crippen molar-refractivity contribution >= 4 is 21.6 Å². The largest absolute Gasteiger partial charge is 0.368 e. The summed E-state index contributed by atoms with van der Waals surface area (Å²) in [4.78, 5) is 2.14. The molecule has 100 valence electrons. The Morgan fingerprint density at radius 3 is 2.94 bits per heavy atom. The van der Waals surface area contributed by atoms with E-state index in [2.05, 4.69) is 40.0 Å². The van der Waals surface area contributed by atoms with Crippen molar-refractivity contribution in [1.29, 1.82) is 0 Å². The van der Waals surface area contributed by atoms with Gasteiger partial charge >= 0.3 is 0 Å². The number of anilines is 1. The maximum atomic E-state index is 13.9. The van der Waals surface area contributed by atoms with Gasteiger partial charge in [0.25, 0.3) is 0 Å². The van der Waals surface area contributed by atoms with E-state index in [4.69, 9.17) is 0 Å². The minimum Gasteiger partial charge on any atom is -0.368 e. The van der Waals surface area contributed by atoms with Gasteiger partial charge in [-0.25, -0.2) is 4.39 Å². The summed E-state index contributed by atoms with van der Waals surface area (Å²) in [6.45, 7) is 6.12. The van der Waals surface area contributed by atoms with Crippen LogP contribution in [0.3, 0.4) is 0 Å². The Morgan fingerprint density at radius 2 is 2.22 bits per heavy atom. The molecule has 0 amide bonds. The number of rotatable bonds is 3. The summed E-state index contributed by atoms with van der Waals surface area (Å²) in [5, 5.41) is 3.54. The van der Waals surface area contributed by atoms with E-state index in [1.807, 2.05) is 6.07 Å². The summed E-state index contributed by atoms with van der Waals surface area (Å²) < 4.78 is 14.8. The van der Waals surface area contributed by atoms with Gasteiger partial charge in [-0.2, -0.15) is 0 Å². The van der Waals surface area contributed by atoms with Gasteiger partial charge in [0.15, 0.2) is 0 Å². The lowest BCUT2D eigenvalue weighted by molar-refractivity contribution is 0.392. The van der Waals surface area contributed by atoms with Crippen molar-refractivity contribution in [2.75, 3.05) is 18.0 Å². The second kappa shape index (κ2) is 6.02. The molecule has 0 aromatic heterocycles. The molecule has 1 aromatic carbocycles. The number of hydrogen-bond acceptors (Lipinski definition) is 2. The smallest absolute Gasteiger partial charge is 0.146 e. The van der Waals surface area contributed by atoms with Crippen LogP contribution in [0.2, 0.25) is 0 Å². The monoisotopic (exact) mass is 314 g/mol. The van der Waals surface area contributed by atoms with Crippen molar-refractivity contribution in [2.45, 2.75) is 38.8 Å². The standard InChI is InChI=1S/C14H20BrFN2/c1-10(2)17-12-4-3-7-18(9-12)14-8-11(15)5-6-13(14)16/h5-6,8,10,12,17H,3-4,7,9H2,1-2H3. The number of piperidine rings is 1. The lowest BCUT2D eigenvalue weighted by atomic mass is 10.0. The van der Waals surface area contributed by atoms with E-state index in [1.54, 1.807) is 6.07 Å². The predicted molar refractivity (Wildman–Crippen MR) is 77.6 cm³/mol. The Bertz CT molecular complexity index is 409. The van der Waals surface area contributed by atoms with Gasteiger partial charge in [0.05, 0.1) is 5.69 Å². The Balaban J connectivity index is 2.10. The molecule has 1 N–H and O–H groups in total. The lowest BCUT2D eigenvalue weighted by Gasteiger charge is -2.36. The zero-order chi connectivity index (χ0) is 13.1. The predicted octanol–water partition coefficient (Wildman–Crippen LogP) is 3.56. The third-order valence-electron chi connectivity index (χ3n) is 3.24. The third-order valence-corrected chi connectivity index (χ3v) is 3.73. The van der Waals surface area contributed by atoms with Crippen LogP contribution in [0, 0.1) is 5.82 Å². The molecule has 1 saturated heterocycles. The van der Waals surface area contributed by atoms with Crippen LogP contribution >= 0.6 is 15.9 Å². The molecule has 1 aliphatic rings. The highest BCUT2D eigenvalue weighted by Gasteiger charge is 2.22. The first kappa shape index (κ1) is 13.8. The fourth-order valence-electron chi connectivity index (χ4n) is 2.53. The molecule has 18 heavy (non-hydrogen) atoms. The van der Waals surface area contributed by atoms with Crippen molar-refractivity contribution in [3.63, 3.8) is 0 Å². The van der Waals surface area contributed by atoms with Crippen LogP contribution in [0.4, 0.5) is 10.1 Å². The maximum Gasteiger partial charge on any atom is 0.146 e. The summed E-state index contributed by atoms with van der Waals surface area (Å²) in [5.41, 5.74) is 0.708. The minimum atomic E-state index is -0.136. The number of nitrogens with one attached hydrogen (secondary N) is 1. The highest BCUT2D eigenvalue weighted by Crippen LogP contribution is 2.26. The van der Waals surface area contributed by atoms with Crippen LogP contribution in [0.1, 0.15) is 26.7 Å². The van der Waals surface area contributed by atoms with E-state index in [9.17, 15) is 4.39 Å². The van der Waals surface area contributed by atoms with Crippen LogP contribution in [0.25, 0.3) is 0 Å². The highest BCUT2D eigenvalue weighted by atomic mass is 79.9. The van der Waals surface area contributed by atoms with Gasteiger partial charge < -0.3 is 10.2 Å². The molecule has 0 spiro atoms. The fraction of sp³-hybridized carbons (Fsp3) is 0.571. The van der Waals surface area contributed by atoms with Gasteiger partial charge in [-0.05, 0) is 31.0 Å². The molecule has 0 aliphatic carbocycles. The topological polar surface area (TPSA) is 15.3 Å². The molecule has 2 rings (SSSR count). The van der Waals surface area contributed by atoms with E-state index in [0.717, 1.165) is 24.0 Å². The molecule has 1 aromatic rings. The zero-order valence-electron chi connectivity index (χ0n) is 10.9. The number of hydrogen-bond donors (Lipinski definition) is 1. The summed E-state index contributed by atoms with van der Waals surface area (Å²) >= 11 is 3.41. The fourth-order valence-corrected chi connectivity index (χ4v) is 2.88. The molecular formula is C14H20BrFN2. The SMILES string of the molecule is CC(C)NC1CCCN(c2cc(Br)ccc2F)C1. The third kappa shape index (κ3) is 3.45. The molecule has 0 saturated carbocycles. The van der Waals surface area contributed by atoms with Crippen molar-refractivity contribution in [1.82, 2.24) is 5.32 Å². The average Bonchev–Trinajstić information content (AvgIpc) is 2.32. The van der Waals surface area contributed by atoms with Gasteiger partial charge in [-0.15, -0.1) is 0 Å². The van der Waals surface area contributed by atoms with Crippen molar-refractivity contribution in [3.8, 4) is 0 Å². The number of nitrogens with zero attached hydrogens (tertiary/aromatic N) is 1. The van der Waals surface area contributed by atoms with Gasteiger partial charge in [-0.1, -0.05) is 29.8 Å². The Labute approximate surface area is 117 Å². The minimum absolute atomic E-state index is 0.136. The van der Waals surface area contributed by atoms with Crippen molar-refractivity contribution in [3.05, 3.63) is 28.5 Å². The van der Waals surface area contributed by atoms with E-state index in [0.29, 0.717) is 17.8 Å². The molecule has 1 atom stereocenters. The first-order valence-corrected chi connectivity index (χ1v) is 7.31. The van der Waals surface area contributed by atoms with Gasteiger partial charge in [0.1, 0.15) is 5.82 Å². The Morgan fingerprint density at radius 1 is 1.44 bits per heavy atom. The van der Waals surface area contributed by atoms with Crippen molar-refractivity contribution < 1.29 is 4.39 Å². The van der Waals surface area contributed by atoms with Gasteiger partial charge in [0.2, 0.25) is 0 Å². The van der Waals surface area contributed by atoms with Crippen molar-refractivity contribution in [2.24, 2.45) is 0 Å². The average molecular weight is 315 g/mol. The molecule has 1 aliphatic heterocycles. The summed E-state index contributed by atoms with van der Waals surface area (Å²) in [7, 11) is 0. The van der Waals surface area contributed by atoms with E-state index < -0.39 is 0 Å². The number of halogens is 2. The molecule has 0 radical (unpaired) electrons. The first-order valence-electron chi connectivity index (χ1n) is 6.52. The molecule has 1 unspecified atom stereocenters. The van der Waals surface area contributed by atoms with Gasteiger partial charge in [-0.3, -0.25) is 0 Å². The Hall–Kier alpha value is -0.610. The van der Waals surface area contributed by atoms with Crippen LogP contribution in [0.5, 0.6) is 0 Å². The van der Waals surface area contributed by atoms with E-state index >= 15 is 0 Å². The second-order valence-corrected chi connectivity index (χ2v) is 6.12. The molecule has 1 heterocycles. The van der Waals surface area contributed by atoms with E-state index in [-0.39, 0.29) is 5.82 Å². The molecule has 0 bridgehead atoms. The van der Waals surface area contributed by atoms with Gasteiger partial charge in [0, 0.05) is 29.6 Å². The molecule has 4 heteroatoms. The zero-order valence-corrected chi connectivity index (χ0v) is 12.5. The first-order chi connectivity index (χ1) is 8.56. The summed E-state index contributed by atoms with van der Waals surface area (Å²) in [6.07, 6.45) is 2.28. The molecular weight excluding hydrogens is 295 g/mol. The lowest BCUT2D eigenvalue weighted by Crippen LogP contribution is -2.48. The molecule has 2 nitrogen and oxygen atoms in total. The summed E-state index contributed by atoms with van der Waals surface area (Å²) in [5.74, 6) is -0.136. The van der Waals surface area contributed by atoms with Crippen LogP contribution in [0.15, 0.2) is 22.7 Å². The van der Waals surface area contributed by atoms with Crippen LogP contribution < -0.4 is 10.2 Å². The molecule has 1 fully saturated rings. The second-order valence-electron chi connectivity index (χ2n) is 5.20. The maximum absolute atomic E-state index is 13.9. The summed E-state index contributed by atoms with van der Waals surface area (Å²) in [6, 6.07) is 6.07. The van der Waals surface area contributed by atoms with Crippen LogP contribution in [-0.4, -0.2) is 25.2 Å². The van der Waals surface area contributed by atoms with Crippen LogP contribution in [-0.2, 0) is 0 Å².